The molecule has 2 rings (SSSR count). The molecule has 0 aromatic heterocycles. The molecule has 0 bridgehead atoms. The third kappa shape index (κ3) is 3.64. The highest BCUT2D eigenvalue weighted by Crippen LogP contribution is 2.24. The summed E-state index contributed by atoms with van der Waals surface area (Å²) < 4.78 is 52.9. The number of hydrogen-bond acceptors (Lipinski definition) is 2. The molecule has 0 saturated heterocycles. The second kappa shape index (κ2) is 5.73. The maximum atomic E-state index is 13.5. The first-order valence-corrected chi connectivity index (χ1v) is 7.92. The first-order chi connectivity index (χ1) is 8.88. The quantitative estimate of drug-likeness (QED) is 0.873. The maximum absolute atomic E-state index is 13.5. The minimum Gasteiger partial charge on any atom is -0.208 e. The lowest BCUT2D eigenvalue weighted by molar-refractivity contribution is 0.415. The van der Waals surface area contributed by atoms with Gasteiger partial charge < -0.3 is 0 Å². The van der Waals surface area contributed by atoms with Crippen LogP contribution in [0.2, 0.25) is 0 Å². The normalized spacial score (nSPS) is 24.4. The Kier molecular flexibility index (Phi) is 4.43. The van der Waals surface area contributed by atoms with Gasteiger partial charge in [-0.3, -0.25) is 0 Å². The second-order valence-electron chi connectivity index (χ2n) is 4.64. The van der Waals surface area contributed by atoms with Crippen LogP contribution in [0.15, 0.2) is 23.1 Å². The molecule has 0 unspecified atom stereocenters. The third-order valence-corrected chi connectivity index (χ3v) is 5.13. The number of benzene rings is 1. The molecular weight excluding hydrogens is 296 g/mol. The van der Waals surface area contributed by atoms with E-state index in [1.165, 1.54) is 0 Å². The minimum absolute atomic E-state index is 0.0617. The zero-order valence-corrected chi connectivity index (χ0v) is 11.6. The van der Waals surface area contributed by atoms with E-state index in [0.717, 1.165) is 12.1 Å². The van der Waals surface area contributed by atoms with Crippen LogP contribution >= 0.6 is 11.6 Å². The smallest absolute Gasteiger partial charge is 0.208 e. The van der Waals surface area contributed by atoms with Crippen LogP contribution in [0.25, 0.3) is 0 Å². The number of nitrogens with one attached hydrogen (secondary N) is 1. The molecule has 1 aromatic carbocycles. The predicted octanol–water partition coefficient (Wildman–Crippen LogP) is 2.79. The van der Waals surface area contributed by atoms with E-state index in [4.69, 9.17) is 11.6 Å². The van der Waals surface area contributed by atoms with Crippen molar-refractivity contribution < 1.29 is 17.2 Å². The van der Waals surface area contributed by atoms with E-state index < -0.39 is 26.6 Å². The molecule has 0 aliphatic heterocycles. The van der Waals surface area contributed by atoms with Gasteiger partial charge in [0.2, 0.25) is 10.0 Å². The van der Waals surface area contributed by atoms with Crippen molar-refractivity contribution in [1.82, 2.24) is 4.72 Å². The molecule has 1 saturated carbocycles. The van der Waals surface area contributed by atoms with Gasteiger partial charge >= 0.3 is 0 Å². The summed E-state index contributed by atoms with van der Waals surface area (Å²) in [6.45, 7) is 0. The topological polar surface area (TPSA) is 46.2 Å². The van der Waals surface area contributed by atoms with Crippen molar-refractivity contribution in [2.45, 2.75) is 42.0 Å². The first kappa shape index (κ1) is 14.7. The Hall–Kier alpha value is -0.720. The van der Waals surface area contributed by atoms with Crippen molar-refractivity contribution >= 4 is 21.6 Å². The van der Waals surface area contributed by atoms with E-state index in [-0.39, 0.29) is 11.4 Å². The summed E-state index contributed by atoms with van der Waals surface area (Å²) >= 11 is 5.93. The first-order valence-electron chi connectivity index (χ1n) is 6.00. The summed E-state index contributed by atoms with van der Waals surface area (Å²) in [6, 6.07) is 2.10. The fourth-order valence-corrected chi connectivity index (χ4v) is 3.78. The van der Waals surface area contributed by atoms with Crippen molar-refractivity contribution in [1.29, 1.82) is 0 Å². The molecule has 106 valence electrons. The van der Waals surface area contributed by atoms with Crippen LogP contribution in [0.4, 0.5) is 8.78 Å². The van der Waals surface area contributed by atoms with Crippen LogP contribution in [0.3, 0.4) is 0 Å². The summed E-state index contributed by atoms with van der Waals surface area (Å²) in [5, 5.41) is 0.0617. The fourth-order valence-electron chi connectivity index (χ4n) is 2.14. The maximum Gasteiger partial charge on any atom is 0.243 e. The summed E-state index contributed by atoms with van der Waals surface area (Å²) in [7, 11) is -4.04. The predicted molar refractivity (Wildman–Crippen MR) is 68.6 cm³/mol. The molecule has 1 aliphatic carbocycles. The van der Waals surface area contributed by atoms with Gasteiger partial charge in [-0.1, -0.05) is 0 Å². The highest BCUT2D eigenvalue weighted by Gasteiger charge is 2.26. The van der Waals surface area contributed by atoms with Crippen LogP contribution < -0.4 is 4.72 Å². The van der Waals surface area contributed by atoms with Gasteiger partial charge in [0.05, 0.1) is 0 Å². The zero-order chi connectivity index (χ0) is 14.0. The van der Waals surface area contributed by atoms with E-state index in [0.29, 0.717) is 31.7 Å². The van der Waals surface area contributed by atoms with E-state index in [2.05, 4.69) is 4.72 Å². The minimum atomic E-state index is -4.04. The average molecular weight is 310 g/mol. The number of rotatable bonds is 3. The molecule has 0 spiro atoms. The van der Waals surface area contributed by atoms with Gasteiger partial charge in [0.15, 0.2) is 0 Å². The molecule has 0 radical (unpaired) electrons. The number of sulfonamides is 1. The van der Waals surface area contributed by atoms with Crippen LogP contribution in [0, 0.1) is 11.6 Å². The van der Waals surface area contributed by atoms with Gasteiger partial charge in [0, 0.05) is 11.4 Å². The largest absolute Gasteiger partial charge is 0.243 e. The summed E-state index contributed by atoms with van der Waals surface area (Å²) in [5.41, 5.74) is 0. The highest BCUT2D eigenvalue weighted by atomic mass is 35.5. The third-order valence-electron chi connectivity index (χ3n) is 3.16. The molecule has 3 nitrogen and oxygen atoms in total. The van der Waals surface area contributed by atoms with E-state index in [1.54, 1.807) is 0 Å². The molecule has 7 heteroatoms. The molecular formula is C12H14ClF2NO2S. The Morgan fingerprint density at radius 2 is 1.79 bits per heavy atom. The second-order valence-corrected chi connectivity index (χ2v) is 6.94. The van der Waals surface area contributed by atoms with E-state index in [1.807, 2.05) is 0 Å². The van der Waals surface area contributed by atoms with Gasteiger partial charge in [0.1, 0.15) is 16.5 Å². The van der Waals surface area contributed by atoms with Gasteiger partial charge in [-0.05, 0) is 43.9 Å². The lowest BCUT2D eigenvalue weighted by atomic mass is 9.96. The molecule has 1 aliphatic rings. The Labute approximate surface area is 116 Å². The molecule has 1 aromatic rings. The number of alkyl halides is 1. The number of hydrogen-bond donors (Lipinski definition) is 1. The average Bonchev–Trinajstić information content (AvgIpc) is 2.35. The summed E-state index contributed by atoms with van der Waals surface area (Å²) in [4.78, 5) is -0.652. The fraction of sp³-hybridized carbons (Fsp3) is 0.500. The highest BCUT2D eigenvalue weighted by molar-refractivity contribution is 7.89. The Morgan fingerprint density at radius 1 is 1.16 bits per heavy atom. The van der Waals surface area contributed by atoms with E-state index >= 15 is 0 Å². The molecule has 1 fully saturated rings. The lowest BCUT2D eigenvalue weighted by Gasteiger charge is -2.25. The van der Waals surface area contributed by atoms with Crippen molar-refractivity contribution in [3.05, 3.63) is 29.8 Å². The van der Waals surface area contributed by atoms with Crippen molar-refractivity contribution in [2.75, 3.05) is 0 Å². The van der Waals surface area contributed by atoms with Gasteiger partial charge in [0.25, 0.3) is 0 Å². The summed E-state index contributed by atoms with van der Waals surface area (Å²) in [6.07, 6.45) is 2.62. The van der Waals surface area contributed by atoms with Crippen LogP contribution in [-0.4, -0.2) is 19.8 Å². The van der Waals surface area contributed by atoms with Crippen molar-refractivity contribution in [2.24, 2.45) is 0 Å². The van der Waals surface area contributed by atoms with Crippen molar-refractivity contribution in [3.63, 3.8) is 0 Å². The SMILES string of the molecule is O=S(=O)(NC1CCC(Cl)CC1)c1cc(F)ccc1F. The Balaban J connectivity index is 2.16. The van der Waals surface area contributed by atoms with E-state index in [9.17, 15) is 17.2 Å². The van der Waals surface area contributed by atoms with Gasteiger partial charge in [-0.2, -0.15) is 0 Å². The van der Waals surface area contributed by atoms with Crippen LogP contribution in [-0.2, 0) is 10.0 Å². The Bertz CT molecular complexity index is 557. The zero-order valence-electron chi connectivity index (χ0n) is 10.1. The van der Waals surface area contributed by atoms with Crippen molar-refractivity contribution in [3.8, 4) is 0 Å². The Morgan fingerprint density at radius 3 is 2.42 bits per heavy atom. The molecule has 1 N–H and O–H groups in total. The lowest BCUT2D eigenvalue weighted by Crippen LogP contribution is -2.38. The standard InChI is InChI=1S/C12H14ClF2NO2S/c13-8-1-4-10(5-2-8)16-19(17,18)12-7-9(14)3-6-11(12)15/h3,6-8,10,16H,1-2,4-5H2. The number of halogens is 3. The summed E-state index contributed by atoms with van der Waals surface area (Å²) in [5.74, 6) is -1.74. The monoisotopic (exact) mass is 309 g/mol. The van der Waals surface area contributed by atoms with Crippen LogP contribution in [0.1, 0.15) is 25.7 Å². The molecule has 0 amide bonds. The molecule has 19 heavy (non-hydrogen) atoms. The van der Waals surface area contributed by atoms with Crippen LogP contribution in [0.5, 0.6) is 0 Å². The molecule has 0 atom stereocenters. The van der Waals surface area contributed by atoms with Gasteiger partial charge in [-0.25, -0.2) is 21.9 Å². The molecule has 0 heterocycles. The van der Waals surface area contributed by atoms with Gasteiger partial charge in [-0.15, -0.1) is 11.6 Å².